The first-order valence-electron chi connectivity index (χ1n) is 10.4. The van der Waals surface area contributed by atoms with Crippen LogP contribution in [0.1, 0.15) is 6.92 Å². The summed E-state index contributed by atoms with van der Waals surface area (Å²) in [5, 5.41) is 99.5. The average Bonchev–Trinajstić information content (AvgIpc) is 2.79. The van der Waals surface area contributed by atoms with Crippen molar-refractivity contribution in [2.45, 2.75) is 99.0 Å². The van der Waals surface area contributed by atoms with Gasteiger partial charge in [0.05, 0.1) is 19.3 Å². The first-order valence-corrected chi connectivity index (χ1v) is 10.4. The van der Waals surface area contributed by atoms with Crippen LogP contribution in [0.2, 0.25) is 0 Å². The topological polar surface area (TPSA) is 248 Å². The maximum absolute atomic E-state index is 10.6. The van der Waals surface area contributed by atoms with Crippen molar-refractivity contribution in [3.8, 4) is 0 Å². The molecule has 3 aliphatic rings. The van der Waals surface area contributed by atoms with Gasteiger partial charge in [-0.1, -0.05) is 0 Å². The minimum Gasteiger partial charge on any atom is -0.394 e. The van der Waals surface area contributed by atoms with Crippen LogP contribution < -0.4 is 0 Å². The van der Waals surface area contributed by atoms with E-state index in [0.717, 1.165) is 0 Å². The second kappa shape index (κ2) is 11.0. The smallest absolute Gasteiger partial charge is 0.187 e. The van der Waals surface area contributed by atoms with Crippen molar-refractivity contribution in [3.05, 3.63) is 0 Å². The summed E-state index contributed by atoms with van der Waals surface area (Å²) in [6.45, 7) is -0.0729. The van der Waals surface area contributed by atoms with E-state index in [9.17, 15) is 51.1 Å². The largest absolute Gasteiger partial charge is 0.394 e. The summed E-state index contributed by atoms with van der Waals surface area (Å²) in [6, 6.07) is 0. The Morgan fingerprint density at radius 2 is 1.03 bits per heavy atom. The molecule has 0 aromatic carbocycles. The fourth-order valence-corrected chi connectivity index (χ4v) is 4.03. The number of ether oxygens (including phenoxy) is 5. The van der Waals surface area contributed by atoms with Gasteiger partial charge < -0.3 is 74.7 Å². The highest BCUT2D eigenvalue weighted by Crippen LogP contribution is 2.32. The zero-order chi connectivity index (χ0) is 24.6. The van der Waals surface area contributed by atoms with Gasteiger partial charge in [-0.2, -0.15) is 0 Å². The predicted octanol–water partition coefficient (Wildman–Crippen LogP) is -6.55. The fourth-order valence-electron chi connectivity index (χ4n) is 4.03. The number of rotatable bonds is 6. The van der Waals surface area contributed by atoms with Crippen LogP contribution in [0, 0.1) is 0 Å². The summed E-state index contributed by atoms with van der Waals surface area (Å²) >= 11 is 0. The molecule has 0 amide bonds. The summed E-state index contributed by atoms with van der Waals surface area (Å²) < 4.78 is 26.6. The summed E-state index contributed by atoms with van der Waals surface area (Å²) in [5.74, 6) is 0. The molecule has 3 heterocycles. The summed E-state index contributed by atoms with van der Waals surface area (Å²) in [6.07, 6.45) is -23.6. The first kappa shape index (κ1) is 27.0. The maximum Gasteiger partial charge on any atom is 0.187 e. The van der Waals surface area contributed by atoms with Gasteiger partial charge in [0, 0.05) is 0 Å². The number of hydrogen-bond donors (Lipinski definition) is 10. The lowest BCUT2D eigenvalue weighted by Crippen LogP contribution is -2.66. The Kier molecular flexibility index (Phi) is 8.99. The van der Waals surface area contributed by atoms with Crippen molar-refractivity contribution in [2.75, 3.05) is 13.2 Å². The van der Waals surface area contributed by atoms with Gasteiger partial charge in [0.15, 0.2) is 18.9 Å². The molecule has 10 N–H and O–H groups in total. The van der Waals surface area contributed by atoms with E-state index in [-0.39, 0.29) is 0 Å². The first-order chi connectivity index (χ1) is 15.5. The number of hydrogen-bond acceptors (Lipinski definition) is 15. The Balaban J connectivity index is 1.70. The molecule has 0 aliphatic carbocycles. The fraction of sp³-hybridized carbons (Fsp3) is 1.00. The zero-order valence-corrected chi connectivity index (χ0v) is 17.6. The molecule has 0 bridgehead atoms. The van der Waals surface area contributed by atoms with Crippen LogP contribution in [0.4, 0.5) is 0 Å². The molecule has 1 unspecified atom stereocenters. The highest BCUT2D eigenvalue weighted by molar-refractivity contribution is 4.95. The van der Waals surface area contributed by atoms with Gasteiger partial charge in [0.1, 0.15) is 67.1 Å². The second-order valence-electron chi connectivity index (χ2n) is 8.32. The van der Waals surface area contributed by atoms with Crippen LogP contribution in [-0.4, -0.2) is 156 Å². The van der Waals surface area contributed by atoms with E-state index < -0.39 is 105 Å². The second-order valence-corrected chi connectivity index (χ2v) is 8.32. The van der Waals surface area contributed by atoms with E-state index in [4.69, 9.17) is 23.7 Å². The van der Waals surface area contributed by atoms with Crippen molar-refractivity contribution in [1.29, 1.82) is 0 Å². The summed E-state index contributed by atoms with van der Waals surface area (Å²) in [5.41, 5.74) is 0. The monoisotopic (exact) mass is 488 g/mol. The third-order valence-corrected chi connectivity index (χ3v) is 6.05. The predicted molar refractivity (Wildman–Crippen MR) is 99.8 cm³/mol. The van der Waals surface area contributed by atoms with E-state index >= 15 is 0 Å². The van der Waals surface area contributed by atoms with Crippen LogP contribution in [-0.2, 0) is 23.7 Å². The van der Waals surface area contributed by atoms with Gasteiger partial charge in [-0.3, -0.25) is 0 Å². The van der Waals surface area contributed by atoms with Crippen LogP contribution in [0.25, 0.3) is 0 Å². The molecule has 15 nitrogen and oxygen atoms in total. The lowest BCUT2D eigenvalue weighted by Gasteiger charge is -2.47. The highest BCUT2D eigenvalue weighted by Gasteiger charge is 2.52. The van der Waals surface area contributed by atoms with E-state index in [2.05, 4.69) is 0 Å². The zero-order valence-electron chi connectivity index (χ0n) is 17.6. The van der Waals surface area contributed by atoms with Gasteiger partial charge in [0.2, 0.25) is 0 Å². The molecular weight excluding hydrogens is 456 g/mol. The molecule has 3 rings (SSSR count). The molecule has 3 fully saturated rings. The van der Waals surface area contributed by atoms with Crippen LogP contribution in [0.15, 0.2) is 0 Å². The lowest BCUT2D eigenvalue weighted by molar-refractivity contribution is -0.376. The van der Waals surface area contributed by atoms with E-state index in [1.54, 1.807) is 0 Å². The molecule has 194 valence electrons. The highest BCUT2D eigenvalue weighted by atomic mass is 16.8. The lowest BCUT2D eigenvalue weighted by atomic mass is 9.96. The number of aliphatic hydroxyl groups is 10. The van der Waals surface area contributed by atoms with Crippen molar-refractivity contribution in [1.82, 2.24) is 0 Å². The molecule has 0 aromatic rings. The summed E-state index contributed by atoms with van der Waals surface area (Å²) in [7, 11) is 0. The maximum atomic E-state index is 10.6. The molecule has 0 aromatic heterocycles. The Morgan fingerprint density at radius 3 is 1.61 bits per heavy atom. The van der Waals surface area contributed by atoms with Gasteiger partial charge >= 0.3 is 0 Å². The Morgan fingerprint density at radius 1 is 0.545 bits per heavy atom. The SMILES string of the molecule is C[C@@H]1OC(O)[C@@H](O)[C@H](O)[C@@H]1O[C@@H]1O[C@H](CO)[C@H](O[C@H]2O[C@H](CO)[C@H](O)[C@H](O)[C@H]2O)[C@H](O)[C@H]1O. The minimum absolute atomic E-state index is 0.721. The molecule has 15 heteroatoms. The third kappa shape index (κ3) is 5.32. The normalized spacial score (nSPS) is 53.7. The van der Waals surface area contributed by atoms with Crippen molar-refractivity contribution in [3.63, 3.8) is 0 Å². The van der Waals surface area contributed by atoms with Crippen LogP contribution >= 0.6 is 0 Å². The van der Waals surface area contributed by atoms with Gasteiger partial charge in [-0.05, 0) is 6.92 Å². The van der Waals surface area contributed by atoms with Crippen LogP contribution in [0.3, 0.4) is 0 Å². The standard InChI is InChI=1S/C18H32O15/c1-4-14(9(23)11(25)16(28)29-4)32-18-13(27)10(24)15(6(3-20)31-18)33-17-12(26)8(22)7(21)5(2-19)30-17/h4-28H,2-3H2,1H3/t4-,5+,6+,7-,8-,9-,10+,11-,12+,13+,14+,15-,16?,17+,18-/m0/s1. The average molecular weight is 488 g/mol. The van der Waals surface area contributed by atoms with Gasteiger partial charge in [0.25, 0.3) is 0 Å². The molecular formula is C18H32O15. The van der Waals surface area contributed by atoms with E-state index in [1.807, 2.05) is 0 Å². The Labute approximate surface area is 187 Å². The third-order valence-electron chi connectivity index (χ3n) is 6.05. The Bertz CT molecular complexity index is 622. The molecule has 0 radical (unpaired) electrons. The van der Waals surface area contributed by atoms with Gasteiger partial charge in [-0.25, -0.2) is 0 Å². The van der Waals surface area contributed by atoms with Crippen molar-refractivity contribution >= 4 is 0 Å². The number of aliphatic hydroxyl groups excluding tert-OH is 10. The molecule has 0 spiro atoms. The molecule has 3 aliphatic heterocycles. The Hall–Kier alpha value is -0.600. The molecule has 3 saturated heterocycles. The molecule has 0 saturated carbocycles. The quantitative estimate of drug-likeness (QED) is 0.167. The molecule has 33 heavy (non-hydrogen) atoms. The van der Waals surface area contributed by atoms with Crippen molar-refractivity contribution in [2.24, 2.45) is 0 Å². The van der Waals surface area contributed by atoms with E-state index in [0.29, 0.717) is 0 Å². The minimum atomic E-state index is -1.83. The van der Waals surface area contributed by atoms with E-state index in [1.165, 1.54) is 6.92 Å². The van der Waals surface area contributed by atoms with Crippen LogP contribution in [0.5, 0.6) is 0 Å². The van der Waals surface area contributed by atoms with Crippen molar-refractivity contribution < 1.29 is 74.7 Å². The van der Waals surface area contributed by atoms with Gasteiger partial charge in [-0.15, -0.1) is 0 Å². The molecule has 15 atom stereocenters. The summed E-state index contributed by atoms with van der Waals surface area (Å²) in [4.78, 5) is 0.